The molecular formula is C13H13N3O2. The third kappa shape index (κ3) is 1.90. The van der Waals surface area contributed by atoms with Crippen LogP contribution < -0.4 is 15.8 Å². The van der Waals surface area contributed by atoms with Crippen molar-refractivity contribution in [2.75, 3.05) is 18.1 Å². The molecule has 0 spiro atoms. The molecule has 1 aliphatic heterocycles. The molecule has 0 saturated carbocycles. The SMILES string of the molecule is O=C1NCCN(c2ccoc2-c2ccccc2)N1. The highest BCUT2D eigenvalue weighted by molar-refractivity contribution is 5.80. The van der Waals surface area contributed by atoms with Crippen LogP contribution in [0.4, 0.5) is 10.5 Å². The summed E-state index contributed by atoms with van der Waals surface area (Å²) in [5.74, 6) is 0.762. The Bertz CT molecular complexity index is 550. The van der Waals surface area contributed by atoms with E-state index >= 15 is 0 Å². The average Bonchev–Trinajstić information content (AvgIpc) is 2.89. The number of amides is 2. The van der Waals surface area contributed by atoms with Crippen molar-refractivity contribution in [2.24, 2.45) is 0 Å². The number of urea groups is 1. The van der Waals surface area contributed by atoms with Gasteiger partial charge in [-0.05, 0) is 0 Å². The van der Waals surface area contributed by atoms with Gasteiger partial charge in [0.2, 0.25) is 0 Å². The Morgan fingerprint density at radius 3 is 2.78 bits per heavy atom. The standard InChI is InChI=1S/C13H13N3O2/c17-13-14-7-8-16(15-13)11-6-9-18-12(11)10-4-2-1-3-5-10/h1-6,9H,7-8H2,(H2,14,15,17). The molecule has 1 aromatic carbocycles. The number of rotatable bonds is 2. The van der Waals surface area contributed by atoms with Crippen molar-refractivity contribution in [3.8, 4) is 11.3 Å². The van der Waals surface area contributed by atoms with E-state index in [1.807, 2.05) is 36.4 Å². The molecule has 1 fully saturated rings. The first-order valence-electron chi connectivity index (χ1n) is 5.79. The molecule has 2 amide bonds. The van der Waals surface area contributed by atoms with Gasteiger partial charge in [-0.1, -0.05) is 30.3 Å². The van der Waals surface area contributed by atoms with Gasteiger partial charge in [0.05, 0.1) is 12.8 Å². The van der Waals surface area contributed by atoms with Gasteiger partial charge in [0.1, 0.15) is 5.69 Å². The van der Waals surface area contributed by atoms with Gasteiger partial charge in [-0.3, -0.25) is 5.01 Å². The summed E-state index contributed by atoms with van der Waals surface area (Å²) in [6.45, 7) is 1.32. The molecule has 18 heavy (non-hydrogen) atoms. The molecule has 0 radical (unpaired) electrons. The van der Waals surface area contributed by atoms with Crippen LogP contribution in [0.15, 0.2) is 47.1 Å². The van der Waals surface area contributed by atoms with Crippen LogP contribution in [0.3, 0.4) is 0 Å². The second-order valence-corrected chi connectivity index (χ2v) is 4.02. The Balaban J connectivity index is 1.94. The highest BCUT2D eigenvalue weighted by Crippen LogP contribution is 2.31. The van der Waals surface area contributed by atoms with E-state index in [0.717, 1.165) is 17.0 Å². The average molecular weight is 243 g/mol. The highest BCUT2D eigenvalue weighted by Gasteiger charge is 2.20. The lowest BCUT2D eigenvalue weighted by atomic mass is 10.1. The normalized spacial score (nSPS) is 15.1. The Hall–Kier alpha value is -2.43. The van der Waals surface area contributed by atoms with Crippen LogP contribution in [0, 0.1) is 0 Å². The predicted molar refractivity (Wildman–Crippen MR) is 68.0 cm³/mol. The number of furan rings is 1. The number of carbonyl (C=O) groups excluding carboxylic acids is 1. The fourth-order valence-corrected chi connectivity index (χ4v) is 2.00. The first-order chi connectivity index (χ1) is 8.84. The number of hydrogen-bond acceptors (Lipinski definition) is 3. The molecule has 0 bridgehead atoms. The zero-order valence-electron chi connectivity index (χ0n) is 9.72. The number of hydrazine groups is 1. The van der Waals surface area contributed by atoms with Gasteiger partial charge in [-0.2, -0.15) is 0 Å². The lowest BCUT2D eigenvalue weighted by Crippen LogP contribution is -2.56. The number of anilines is 1. The van der Waals surface area contributed by atoms with E-state index in [9.17, 15) is 4.79 Å². The fourth-order valence-electron chi connectivity index (χ4n) is 2.00. The molecule has 0 unspecified atom stereocenters. The molecule has 3 rings (SSSR count). The van der Waals surface area contributed by atoms with Crippen LogP contribution in [-0.4, -0.2) is 19.1 Å². The molecule has 2 aromatic rings. The van der Waals surface area contributed by atoms with Gasteiger partial charge in [0.15, 0.2) is 5.76 Å². The van der Waals surface area contributed by atoms with Crippen LogP contribution in [0.5, 0.6) is 0 Å². The summed E-state index contributed by atoms with van der Waals surface area (Å²) in [5, 5.41) is 4.51. The summed E-state index contributed by atoms with van der Waals surface area (Å²) in [5.41, 5.74) is 4.61. The molecule has 0 aliphatic carbocycles. The molecule has 2 heterocycles. The topological polar surface area (TPSA) is 57.5 Å². The summed E-state index contributed by atoms with van der Waals surface area (Å²) < 4.78 is 5.53. The molecule has 1 saturated heterocycles. The largest absolute Gasteiger partial charge is 0.462 e. The first kappa shape index (κ1) is 10.7. The monoisotopic (exact) mass is 243 g/mol. The summed E-state index contributed by atoms with van der Waals surface area (Å²) in [4.78, 5) is 11.3. The number of benzene rings is 1. The van der Waals surface area contributed by atoms with E-state index in [-0.39, 0.29) is 6.03 Å². The van der Waals surface area contributed by atoms with Gasteiger partial charge in [-0.25, -0.2) is 10.2 Å². The zero-order valence-corrected chi connectivity index (χ0v) is 9.72. The summed E-state index contributed by atoms with van der Waals surface area (Å²) in [6, 6.07) is 11.5. The number of hydrogen-bond donors (Lipinski definition) is 2. The molecule has 92 valence electrons. The molecule has 1 aliphatic rings. The second kappa shape index (κ2) is 4.44. The maximum Gasteiger partial charge on any atom is 0.333 e. The van der Waals surface area contributed by atoms with E-state index in [2.05, 4.69) is 10.7 Å². The fraction of sp³-hybridized carbons (Fsp3) is 0.154. The van der Waals surface area contributed by atoms with Crippen molar-refractivity contribution in [1.29, 1.82) is 0 Å². The summed E-state index contributed by atoms with van der Waals surface area (Å²) in [6.07, 6.45) is 1.63. The summed E-state index contributed by atoms with van der Waals surface area (Å²) >= 11 is 0. The third-order valence-electron chi connectivity index (χ3n) is 2.83. The Kier molecular flexibility index (Phi) is 2.64. The van der Waals surface area contributed by atoms with Crippen molar-refractivity contribution in [1.82, 2.24) is 10.7 Å². The van der Waals surface area contributed by atoms with E-state index in [1.54, 1.807) is 11.3 Å². The molecule has 1 aromatic heterocycles. The van der Waals surface area contributed by atoms with Crippen molar-refractivity contribution in [2.45, 2.75) is 0 Å². The van der Waals surface area contributed by atoms with Crippen molar-refractivity contribution >= 4 is 11.7 Å². The molecule has 0 atom stereocenters. The smallest absolute Gasteiger partial charge is 0.333 e. The number of carbonyl (C=O) groups is 1. The van der Waals surface area contributed by atoms with Gasteiger partial charge >= 0.3 is 6.03 Å². The van der Waals surface area contributed by atoms with Gasteiger partial charge in [-0.15, -0.1) is 0 Å². The van der Waals surface area contributed by atoms with Crippen molar-refractivity contribution < 1.29 is 9.21 Å². The van der Waals surface area contributed by atoms with Gasteiger partial charge < -0.3 is 9.73 Å². The minimum atomic E-state index is -0.193. The quantitative estimate of drug-likeness (QED) is 0.848. The van der Waals surface area contributed by atoms with Crippen LogP contribution in [0.1, 0.15) is 0 Å². The number of nitrogens with one attached hydrogen (secondary N) is 2. The molecule has 5 heteroatoms. The maximum atomic E-state index is 11.3. The lowest BCUT2D eigenvalue weighted by Gasteiger charge is -2.29. The van der Waals surface area contributed by atoms with Crippen LogP contribution >= 0.6 is 0 Å². The Labute approximate surface area is 104 Å². The molecule has 2 N–H and O–H groups in total. The second-order valence-electron chi connectivity index (χ2n) is 4.02. The maximum absolute atomic E-state index is 11.3. The third-order valence-corrected chi connectivity index (χ3v) is 2.83. The van der Waals surface area contributed by atoms with Crippen LogP contribution in [-0.2, 0) is 0 Å². The summed E-state index contributed by atoms with van der Waals surface area (Å²) in [7, 11) is 0. The Morgan fingerprint density at radius 2 is 2.00 bits per heavy atom. The van der Waals surface area contributed by atoms with E-state index < -0.39 is 0 Å². The predicted octanol–water partition coefficient (Wildman–Crippen LogP) is 1.98. The zero-order chi connectivity index (χ0) is 12.4. The minimum Gasteiger partial charge on any atom is -0.462 e. The molecule has 5 nitrogen and oxygen atoms in total. The minimum absolute atomic E-state index is 0.193. The first-order valence-corrected chi connectivity index (χ1v) is 5.79. The lowest BCUT2D eigenvalue weighted by molar-refractivity contribution is 0.236. The van der Waals surface area contributed by atoms with Gasteiger partial charge in [0.25, 0.3) is 0 Å². The molecular weight excluding hydrogens is 230 g/mol. The van der Waals surface area contributed by atoms with E-state index in [1.165, 1.54) is 0 Å². The van der Waals surface area contributed by atoms with Gasteiger partial charge in [0, 0.05) is 18.2 Å². The van der Waals surface area contributed by atoms with Crippen molar-refractivity contribution in [3.05, 3.63) is 42.7 Å². The number of nitrogens with zero attached hydrogens (tertiary/aromatic N) is 1. The van der Waals surface area contributed by atoms with Crippen LogP contribution in [0.2, 0.25) is 0 Å². The Morgan fingerprint density at radius 1 is 1.17 bits per heavy atom. The van der Waals surface area contributed by atoms with Crippen LogP contribution in [0.25, 0.3) is 11.3 Å². The van der Waals surface area contributed by atoms with E-state index in [0.29, 0.717) is 13.1 Å². The van der Waals surface area contributed by atoms with E-state index in [4.69, 9.17) is 4.42 Å². The van der Waals surface area contributed by atoms with Crippen molar-refractivity contribution in [3.63, 3.8) is 0 Å². The highest BCUT2D eigenvalue weighted by atomic mass is 16.3.